The van der Waals surface area contributed by atoms with Crippen LogP contribution in [0.1, 0.15) is 11.3 Å². The van der Waals surface area contributed by atoms with Crippen LogP contribution in [0.15, 0.2) is 46.9 Å². The van der Waals surface area contributed by atoms with E-state index in [1.807, 2.05) is 44.2 Å². The molecule has 3 aromatic rings. The van der Waals surface area contributed by atoms with E-state index >= 15 is 0 Å². The molecule has 2 aromatic carbocycles. The second-order valence-electron chi connectivity index (χ2n) is 5.14. The number of hydrogen-bond acceptors (Lipinski definition) is 3. The van der Waals surface area contributed by atoms with Crippen LogP contribution in [0.5, 0.6) is 0 Å². The molecule has 0 saturated heterocycles. The number of hydrogen-bond donors (Lipinski definition) is 2. The highest BCUT2D eigenvalue weighted by Crippen LogP contribution is 2.32. The fraction of sp³-hybridized carbons (Fsp3) is 0.118. The maximum Gasteiger partial charge on any atom is 0.0939 e. The standard InChI is InChI=1S/C17H16BrN3/c1-10-8-16(13(18)9-14(10)19)21-15-5-3-4-12-7-6-11(2)20-17(12)15/h3-9,21H,19H2,1-2H3. The van der Waals surface area contributed by atoms with Crippen LogP contribution < -0.4 is 11.1 Å². The van der Waals surface area contributed by atoms with Crippen LogP contribution in [-0.4, -0.2) is 4.98 Å². The topological polar surface area (TPSA) is 50.9 Å². The molecule has 0 spiro atoms. The third-order valence-corrected chi connectivity index (χ3v) is 4.14. The smallest absolute Gasteiger partial charge is 0.0939 e. The third kappa shape index (κ3) is 2.72. The van der Waals surface area contributed by atoms with Gasteiger partial charge in [0.05, 0.1) is 16.9 Å². The van der Waals surface area contributed by atoms with Gasteiger partial charge in [-0.2, -0.15) is 0 Å². The van der Waals surface area contributed by atoms with Crippen LogP contribution >= 0.6 is 15.9 Å². The van der Waals surface area contributed by atoms with Crippen molar-refractivity contribution in [2.45, 2.75) is 13.8 Å². The van der Waals surface area contributed by atoms with E-state index in [-0.39, 0.29) is 0 Å². The Balaban J connectivity index is 2.10. The highest BCUT2D eigenvalue weighted by molar-refractivity contribution is 9.10. The van der Waals surface area contributed by atoms with Crippen molar-refractivity contribution >= 4 is 43.9 Å². The number of nitrogens with one attached hydrogen (secondary N) is 1. The minimum Gasteiger partial charge on any atom is -0.398 e. The van der Waals surface area contributed by atoms with Gasteiger partial charge in [-0.15, -0.1) is 0 Å². The lowest BCUT2D eigenvalue weighted by Gasteiger charge is -2.13. The molecule has 3 rings (SSSR count). The molecular weight excluding hydrogens is 326 g/mol. The molecule has 4 heteroatoms. The molecule has 0 unspecified atom stereocenters. The Hall–Kier alpha value is -2.07. The molecule has 0 bridgehead atoms. The summed E-state index contributed by atoms with van der Waals surface area (Å²) < 4.78 is 0.940. The van der Waals surface area contributed by atoms with Gasteiger partial charge in [-0.25, -0.2) is 0 Å². The quantitative estimate of drug-likeness (QED) is 0.649. The second kappa shape index (κ2) is 5.37. The van der Waals surface area contributed by atoms with Gasteiger partial charge in [0.2, 0.25) is 0 Å². The monoisotopic (exact) mass is 341 g/mol. The summed E-state index contributed by atoms with van der Waals surface area (Å²) in [5, 5.41) is 4.56. The van der Waals surface area contributed by atoms with Crippen molar-refractivity contribution in [3.8, 4) is 0 Å². The lowest BCUT2D eigenvalue weighted by molar-refractivity contribution is 1.25. The molecule has 3 N–H and O–H groups in total. The number of halogens is 1. The number of benzene rings is 2. The summed E-state index contributed by atoms with van der Waals surface area (Å²) in [6.45, 7) is 4.00. The molecule has 21 heavy (non-hydrogen) atoms. The van der Waals surface area contributed by atoms with E-state index in [2.05, 4.69) is 38.4 Å². The molecule has 0 aliphatic heterocycles. The van der Waals surface area contributed by atoms with E-state index in [1.54, 1.807) is 0 Å². The largest absolute Gasteiger partial charge is 0.398 e. The summed E-state index contributed by atoms with van der Waals surface area (Å²) in [6.07, 6.45) is 0. The highest BCUT2D eigenvalue weighted by Gasteiger charge is 2.07. The Bertz CT molecular complexity index is 828. The summed E-state index contributed by atoms with van der Waals surface area (Å²) in [6, 6.07) is 14.2. The molecule has 0 radical (unpaired) electrons. The number of pyridine rings is 1. The number of aryl methyl sites for hydroxylation is 2. The van der Waals surface area contributed by atoms with E-state index in [9.17, 15) is 0 Å². The molecule has 106 valence electrons. The van der Waals surface area contributed by atoms with Crippen molar-refractivity contribution in [2.75, 3.05) is 11.1 Å². The van der Waals surface area contributed by atoms with Gasteiger partial charge in [0.15, 0.2) is 0 Å². The molecule has 0 amide bonds. The number of nitrogens with two attached hydrogens (primary N) is 1. The maximum atomic E-state index is 5.92. The Morgan fingerprint density at radius 2 is 1.86 bits per heavy atom. The normalized spacial score (nSPS) is 10.8. The fourth-order valence-electron chi connectivity index (χ4n) is 2.28. The van der Waals surface area contributed by atoms with Gasteiger partial charge < -0.3 is 11.1 Å². The second-order valence-corrected chi connectivity index (χ2v) is 6.00. The predicted molar refractivity (Wildman–Crippen MR) is 93.1 cm³/mol. The van der Waals surface area contributed by atoms with Crippen LogP contribution in [0, 0.1) is 13.8 Å². The molecule has 0 saturated carbocycles. The zero-order valence-electron chi connectivity index (χ0n) is 11.9. The number of para-hydroxylation sites is 1. The van der Waals surface area contributed by atoms with Crippen molar-refractivity contribution in [3.63, 3.8) is 0 Å². The van der Waals surface area contributed by atoms with Gasteiger partial charge >= 0.3 is 0 Å². The zero-order valence-corrected chi connectivity index (χ0v) is 13.5. The summed E-state index contributed by atoms with van der Waals surface area (Å²) in [4.78, 5) is 4.64. The molecule has 1 heterocycles. The number of aromatic nitrogens is 1. The Labute approximate surface area is 132 Å². The number of fused-ring (bicyclic) bond motifs is 1. The zero-order chi connectivity index (χ0) is 15.0. The Kier molecular flexibility index (Phi) is 3.55. The molecule has 0 atom stereocenters. The lowest BCUT2D eigenvalue weighted by atomic mass is 10.1. The molecule has 3 nitrogen and oxygen atoms in total. The number of nitrogen functional groups attached to an aromatic ring is 1. The van der Waals surface area contributed by atoms with Crippen LogP contribution in [0.2, 0.25) is 0 Å². The molecular formula is C17H16BrN3. The van der Waals surface area contributed by atoms with E-state index in [0.717, 1.165) is 43.7 Å². The summed E-state index contributed by atoms with van der Waals surface area (Å²) in [5.41, 5.74) is 11.7. The van der Waals surface area contributed by atoms with E-state index in [4.69, 9.17) is 5.73 Å². The van der Waals surface area contributed by atoms with Crippen LogP contribution in [0.3, 0.4) is 0 Å². The first-order valence-corrected chi connectivity index (χ1v) is 7.53. The van der Waals surface area contributed by atoms with Crippen molar-refractivity contribution in [2.24, 2.45) is 0 Å². The van der Waals surface area contributed by atoms with Crippen LogP contribution in [0.25, 0.3) is 10.9 Å². The maximum absolute atomic E-state index is 5.92. The summed E-state index contributed by atoms with van der Waals surface area (Å²) in [7, 11) is 0. The van der Waals surface area contributed by atoms with Gasteiger partial charge in [0, 0.05) is 21.2 Å². The van der Waals surface area contributed by atoms with E-state index in [0.29, 0.717) is 0 Å². The summed E-state index contributed by atoms with van der Waals surface area (Å²) >= 11 is 3.55. The first-order valence-electron chi connectivity index (χ1n) is 6.73. The first kappa shape index (κ1) is 13.9. The minimum absolute atomic E-state index is 0.777. The summed E-state index contributed by atoms with van der Waals surface area (Å²) in [5.74, 6) is 0. The van der Waals surface area contributed by atoms with Gasteiger partial charge in [-0.3, -0.25) is 4.98 Å². The average molecular weight is 342 g/mol. The minimum atomic E-state index is 0.777. The SMILES string of the molecule is Cc1ccc2cccc(Nc3cc(C)c(N)cc3Br)c2n1. The molecule has 0 aliphatic rings. The predicted octanol–water partition coefficient (Wildman–Crippen LogP) is 4.94. The Morgan fingerprint density at radius 3 is 2.67 bits per heavy atom. The van der Waals surface area contributed by atoms with E-state index < -0.39 is 0 Å². The average Bonchev–Trinajstić information content (AvgIpc) is 2.45. The van der Waals surface area contributed by atoms with Gasteiger partial charge in [-0.1, -0.05) is 18.2 Å². The van der Waals surface area contributed by atoms with Crippen molar-refractivity contribution in [1.82, 2.24) is 4.98 Å². The van der Waals surface area contributed by atoms with E-state index in [1.165, 1.54) is 0 Å². The van der Waals surface area contributed by atoms with Crippen LogP contribution in [-0.2, 0) is 0 Å². The Morgan fingerprint density at radius 1 is 1.05 bits per heavy atom. The molecule has 1 aromatic heterocycles. The molecule has 0 fully saturated rings. The lowest BCUT2D eigenvalue weighted by Crippen LogP contribution is -1.97. The molecule has 0 aliphatic carbocycles. The van der Waals surface area contributed by atoms with Crippen molar-refractivity contribution < 1.29 is 0 Å². The third-order valence-electron chi connectivity index (χ3n) is 3.48. The first-order chi connectivity index (χ1) is 10.0. The van der Waals surface area contributed by atoms with Crippen molar-refractivity contribution in [3.05, 3.63) is 58.2 Å². The van der Waals surface area contributed by atoms with Crippen LogP contribution in [0.4, 0.5) is 17.1 Å². The number of rotatable bonds is 2. The fourth-order valence-corrected chi connectivity index (χ4v) is 2.74. The number of anilines is 3. The number of nitrogens with zero attached hydrogens (tertiary/aromatic N) is 1. The highest BCUT2D eigenvalue weighted by atomic mass is 79.9. The van der Waals surface area contributed by atoms with Gasteiger partial charge in [-0.05, 0) is 59.6 Å². The van der Waals surface area contributed by atoms with Gasteiger partial charge in [0.25, 0.3) is 0 Å². The van der Waals surface area contributed by atoms with Crippen molar-refractivity contribution in [1.29, 1.82) is 0 Å². The van der Waals surface area contributed by atoms with Gasteiger partial charge in [0.1, 0.15) is 0 Å².